The molecule has 0 saturated heterocycles. The Morgan fingerprint density at radius 3 is 2.44 bits per heavy atom. The van der Waals surface area contributed by atoms with Crippen molar-refractivity contribution in [2.24, 2.45) is 11.8 Å². The van der Waals surface area contributed by atoms with Crippen LogP contribution in [0.15, 0.2) is 18.2 Å². The van der Waals surface area contributed by atoms with Crippen LogP contribution in [0.25, 0.3) is 0 Å². The van der Waals surface area contributed by atoms with E-state index in [2.05, 4.69) is 0 Å². The zero-order chi connectivity index (χ0) is 13.9. The highest BCUT2D eigenvalue weighted by Gasteiger charge is 2.26. The second-order valence-corrected chi connectivity index (χ2v) is 4.53. The average molecular weight is 257 g/mol. The van der Waals surface area contributed by atoms with Crippen LogP contribution in [0.1, 0.15) is 13.8 Å². The molecule has 1 N–H and O–H groups in total. The number of nitrogens with zero attached hydrogens (tertiary/aromatic N) is 1. The van der Waals surface area contributed by atoms with E-state index in [0.717, 1.165) is 17.0 Å². The van der Waals surface area contributed by atoms with Crippen molar-refractivity contribution in [3.8, 4) is 0 Å². The number of carbonyl (C=O) groups excluding carboxylic acids is 1. The van der Waals surface area contributed by atoms with Crippen LogP contribution in [0.5, 0.6) is 0 Å². The van der Waals surface area contributed by atoms with E-state index < -0.39 is 23.5 Å². The van der Waals surface area contributed by atoms with Gasteiger partial charge < -0.3 is 10.0 Å². The van der Waals surface area contributed by atoms with E-state index in [1.165, 1.54) is 13.1 Å². The largest absolute Gasteiger partial charge is 0.396 e. The van der Waals surface area contributed by atoms with E-state index >= 15 is 0 Å². The van der Waals surface area contributed by atoms with Gasteiger partial charge in [0.25, 0.3) is 0 Å². The molecule has 0 saturated carbocycles. The van der Waals surface area contributed by atoms with Gasteiger partial charge in [0.1, 0.15) is 11.6 Å². The van der Waals surface area contributed by atoms with Gasteiger partial charge in [-0.15, -0.1) is 0 Å². The number of halogens is 2. The van der Waals surface area contributed by atoms with E-state index in [-0.39, 0.29) is 18.2 Å². The lowest BCUT2D eigenvalue weighted by Crippen LogP contribution is -2.37. The number of aliphatic hydroxyl groups excluding tert-OH is 1. The number of rotatable bonds is 4. The highest BCUT2D eigenvalue weighted by molar-refractivity contribution is 5.94. The van der Waals surface area contributed by atoms with Crippen molar-refractivity contribution in [3.63, 3.8) is 0 Å². The van der Waals surface area contributed by atoms with Gasteiger partial charge >= 0.3 is 0 Å². The molecule has 1 amide bonds. The maximum absolute atomic E-state index is 13.5. The molecule has 18 heavy (non-hydrogen) atoms. The summed E-state index contributed by atoms with van der Waals surface area (Å²) in [6.07, 6.45) is 0. The first-order chi connectivity index (χ1) is 8.38. The first kappa shape index (κ1) is 14.6. The zero-order valence-corrected chi connectivity index (χ0v) is 10.7. The number of aliphatic hydroxyl groups is 1. The summed E-state index contributed by atoms with van der Waals surface area (Å²) in [5, 5.41) is 9.17. The summed E-state index contributed by atoms with van der Waals surface area (Å²) in [6.45, 7) is 3.30. The Kier molecular flexibility index (Phi) is 4.78. The van der Waals surface area contributed by atoms with Gasteiger partial charge in [-0.25, -0.2) is 8.78 Å². The third-order valence-corrected chi connectivity index (χ3v) is 2.92. The summed E-state index contributed by atoms with van der Waals surface area (Å²) in [5.74, 6) is -2.54. The van der Waals surface area contributed by atoms with Crippen LogP contribution in [0.2, 0.25) is 0 Å². The number of anilines is 1. The van der Waals surface area contributed by atoms with Crippen molar-refractivity contribution in [3.05, 3.63) is 29.8 Å². The quantitative estimate of drug-likeness (QED) is 0.898. The molecule has 0 heterocycles. The van der Waals surface area contributed by atoms with Crippen molar-refractivity contribution < 1.29 is 18.7 Å². The highest BCUT2D eigenvalue weighted by atomic mass is 19.1. The molecule has 0 spiro atoms. The minimum atomic E-state index is -0.800. The normalized spacial score (nSPS) is 12.6. The standard InChI is InChI=1S/C13H17F2NO2/c1-8(2)10(7-17)13(18)16(3)12-5-4-9(14)6-11(12)15/h4-6,8,10,17H,7H2,1-3H3. The molecule has 0 radical (unpaired) electrons. The Labute approximate surface area is 105 Å². The molecule has 1 aromatic rings. The van der Waals surface area contributed by atoms with Crippen LogP contribution in [-0.2, 0) is 4.79 Å². The van der Waals surface area contributed by atoms with Gasteiger partial charge in [-0.2, -0.15) is 0 Å². The first-order valence-corrected chi connectivity index (χ1v) is 5.72. The van der Waals surface area contributed by atoms with Crippen LogP contribution in [0, 0.1) is 23.5 Å². The number of carbonyl (C=O) groups is 1. The van der Waals surface area contributed by atoms with Gasteiger partial charge in [0.15, 0.2) is 0 Å². The predicted molar refractivity (Wildman–Crippen MR) is 65.2 cm³/mol. The molecular weight excluding hydrogens is 240 g/mol. The van der Waals surface area contributed by atoms with Crippen LogP contribution in [0.4, 0.5) is 14.5 Å². The SMILES string of the molecule is CC(C)C(CO)C(=O)N(C)c1ccc(F)cc1F. The lowest BCUT2D eigenvalue weighted by molar-refractivity contribution is -0.124. The highest BCUT2D eigenvalue weighted by Crippen LogP contribution is 2.22. The van der Waals surface area contributed by atoms with Gasteiger partial charge in [-0.05, 0) is 18.1 Å². The predicted octanol–water partition coefficient (Wildman–Crippen LogP) is 2.19. The molecule has 0 aliphatic rings. The maximum Gasteiger partial charge on any atom is 0.232 e. The second kappa shape index (κ2) is 5.91. The smallest absolute Gasteiger partial charge is 0.232 e. The summed E-state index contributed by atoms with van der Waals surface area (Å²) >= 11 is 0. The third kappa shape index (κ3) is 3.04. The van der Waals surface area contributed by atoms with E-state index in [4.69, 9.17) is 0 Å². The third-order valence-electron chi connectivity index (χ3n) is 2.92. The van der Waals surface area contributed by atoms with Crippen LogP contribution >= 0.6 is 0 Å². The minimum absolute atomic E-state index is 0.000463. The summed E-state index contributed by atoms with van der Waals surface area (Å²) in [7, 11) is 1.41. The fraction of sp³-hybridized carbons (Fsp3) is 0.462. The molecule has 5 heteroatoms. The molecule has 100 valence electrons. The molecule has 0 bridgehead atoms. The number of hydrogen-bond acceptors (Lipinski definition) is 2. The fourth-order valence-electron chi connectivity index (χ4n) is 1.69. The van der Waals surface area contributed by atoms with E-state index in [1.807, 2.05) is 0 Å². The van der Waals surface area contributed by atoms with Gasteiger partial charge in [-0.3, -0.25) is 4.79 Å². The minimum Gasteiger partial charge on any atom is -0.396 e. The van der Waals surface area contributed by atoms with Gasteiger partial charge in [0.2, 0.25) is 5.91 Å². The molecule has 0 aliphatic heterocycles. The molecule has 0 aliphatic carbocycles. The van der Waals surface area contributed by atoms with Crippen LogP contribution in [-0.4, -0.2) is 24.7 Å². The molecule has 1 atom stereocenters. The number of benzene rings is 1. The Hall–Kier alpha value is -1.49. The fourth-order valence-corrected chi connectivity index (χ4v) is 1.69. The number of amides is 1. The Bertz CT molecular complexity index is 435. The van der Waals surface area contributed by atoms with Gasteiger partial charge in [0, 0.05) is 13.1 Å². The van der Waals surface area contributed by atoms with Crippen molar-refractivity contribution in [2.75, 3.05) is 18.6 Å². The van der Waals surface area contributed by atoms with Crippen molar-refractivity contribution in [1.82, 2.24) is 0 Å². The molecular formula is C13H17F2NO2. The summed E-state index contributed by atoms with van der Waals surface area (Å²) < 4.78 is 26.3. The summed E-state index contributed by atoms with van der Waals surface area (Å²) in [4.78, 5) is 13.2. The number of hydrogen-bond donors (Lipinski definition) is 1. The summed E-state index contributed by atoms with van der Waals surface area (Å²) in [5.41, 5.74) is 0.000463. The Morgan fingerprint density at radius 2 is 2.00 bits per heavy atom. The van der Waals surface area contributed by atoms with Crippen LogP contribution in [0.3, 0.4) is 0 Å². The zero-order valence-electron chi connectivity index (χ0n) is 10.7. The molecule has 0 fully saturated rings. The maximum atomic E-state index is 13.5. The lowest BCUT2D eigenvalue weighted by Gasteiger charge is -2.25. The average Bonchev–Trinajstić information content (AvgIpc) is 2.28. The lowest BCUT2D eigenvalue weighted by atomic mass is 9.95. The topological polar surface area (TPSA) is 40.5 Å². The molecule has 1 aromatic carbocycles. The molecule has 1 unspecified atom stereocenters. The van der Waals surface area contributed by atoms with Crippen molar-refractivity contribution >= 4 is 11.6 Å². The van der Waals surface area contributed by atoms with E-state index in [0.29, 0.717) is 0 Å². The first-order valence-electron chi connectivity index (χ1n) is 5.72. The molecule has 3 nitrogen and oxygen atoms in total. The Balaban J connectivity index is 2.99. The van der Waals surface area contributed by atoms with Crippen molar-refractivity contribution in [2.45, 2.75) is 13.8 Å². The molecule has 0 aromatic heterocycles. The van der Waals surface area contributed by atoms with E-state index in [9.17, 15) is 18.7 Å². The van der Waals surface area contributed by atoms with Gasteiger partial charge in [0.05, 0.1) is 18.2 Å². The second-order valence-electron chi connectivity index (χ2n) is 4.53. The van der Waals surface area contributed by atoms with Crippen molar-refractivity contribution in [1.29, 1.82) is 0 Å². The van der Waals surface area contributed by atoms with E-state index in [1.54, 1.807) is 13.8 Å². The Morgan fingerprint density at radius 1 is 1.39 bits per heavy atom. The summed E-state index contributed by atoms with van der Waals surface area (Å²) in [6, 6.07) is 3.02. The van der Waals surface area contributed by atoms with Gasteiger partial charge in [-0.1, -0.05) is 13.8 Å². The van der Waals surface area contributed by atoms with Crippen LogP contribution < -0.4 is 4.90 Å². The monoisotopic (exact) mass is 257 g/mol. The molecule has 1 rings (SSSR count).